The molecule has 2 aromatic heterocycles. The fourth-order valence-corrected chi connectivity index (χ4v) is 4.17. The topological polar surface area (TPSA) is 61.5 Å². The monoisotopic (exact) mass is 384 g/mol. The first-order valence-electron chi connectivity index (χ1n) is 10.6. The highest BCUT2D eigenvalue weighted by Gasteiger charge is 2.21. The molecule has 152 valence electrons. The highest BCUT2D eigenvalue weighted by Crippen LogP contribution is 2.23. The maximum Gasteiger partial charge on any atom is 0.241 e. The Morgan fingerprint density at radius 3 is 2.64 bits per heavy atom. The quantitative estimate of drug-likeness (QED) is 0.785. The maximum atomic E-state index is 5.50. The van der Waals surface area contributed by atoms with E-state index in [1.807, 2.05) is 6.20 Å². The van der Waals surface area contributed by atoms with Crippen LogP contribution in [-0.2, 0) is 6.54 Å². The number of anilines is 1. The highest BCUT2D eigenvalue weighted by molar-refractivity contribution is 5.55. The number of pyridine rings is 1. The molecule has 0 spiro atoms. The fraction of sp³-hybridized carbons (Fsp3) is 0.667. The Balaban J connectivity index is 1.35. The van der Waals surface area contributed by atoms with E-state index in [4.69, 9.17) is 4.52 Å². The Bertz CT molecular complexity index is 751. The molecule has 0 amide bonds. The standard InChI is InChI=1S/C21H32N6O/c1-16(2)26-11-9-25(10-12-26)15-20-23-21(24-28-20)18-6-7-19(22-13-18)27-8-4-5-17(3)14-27/h6-7,13,16-17H,4-5,8-12,14-15H2,1-3H3. The minimum absolute atomic E-state index is 0.612. The first-order valence-corrected chi connectivity index (χ1v) is 10.6. The van der Waals surface area contributed by atoms with Crippen LogP contribution in [-0.4, -0.2) is 70.2 Å². The molecule has 2 aliphatic heterocycles. The zero-order valence-corrected chi connectivity index (χ0v) is 17.3. The molecule has 2 saturated heterocycles. The van der Waals surface area contributed by atoms with E-state index in [-0.39, 0.29) is 0 Å². The third-order valence-corrected chi connectivity index (χ3v) is 5.95. The van der Waals surface area contributed by atoms with Crippen LogP contribution in [0.15, 0.2) is 22.9 Å². The molecular formula is C21H32N6O. The lowest BCUT2D eigenvalue weighted by Crippen LogP contribution is -2.48. The number of piperidine rings is 1. The fourth-order valence-electron chi connectivity index (χ4n) is 4.17. The predicted molar refractivity (Wildman–Crippen MR) is 110 cm³/mol. The van der Waals surface area contributed by atoms with Crippen LogP contribution in [0.5, 0.6) is 0 Å². The van der Waals surface area contributed by atoms with Crippen molar-refractivity contribution < 1.29 is 4.52 Å². The molecule has 1 unspecified atom stereocenters. The summed E-state index contributed by atoms with van der Waals surface area (Å²) >= 11 is 0. The number of hydrogen-bond donors (Lipinski definition) is 0. The molecule has 0 radical (unpaired) electrons. The van der Waals surface area contributed by atoms with Crippen molar-refractivity contribution in [2.45, 2.75) is 46.2 Å². The minimum atomic E-state index is 0.612. The van der Waals surface area contributed by atoms with Gasteiger partial charge < -0.3 is 9.42 Å². The van der Waals surface area contributed by atoms with E-state index in [2.05, 4.69) is 62.7 Å². The lowest BCUT2D eigenvalue weighted by Gasteiger charge is -2.36. The van der Waals surface area contributed by atoms with Crippen LogP contribution in [0.1, 0.15) is 39.5 Å². The van der Waals surface area contributed by atoms with Gasteiger partial charge in [0.15, 0.2) is 0 Å². The molecule has 28 heavy (non-hydrogen) atoms. The van der Waals surface area contributed by atoms with Crippen LogP contribution < -0.4 is 4.90 Å². The van der Waals surface area contributed by atoms with Crippen LogP contribution >= 0.6 is 0 Å². The minimum Gasteiger partial charge on any atom is -0.356 e. The van der Waals surface area contributed by atoms with E-state index < -0.39 is 0 Å². The summed E-state index contributed by atoms with van der Waals surface area (Å²) < 4.78 is 5.50. The van der Waals surface area contributed by atoms with E-state index in [0.29, 0.717) is 17.8 Å². The second-order valence-corrected chi connectivity index (χ2v) is 8.52. The summed E-state index contributed by atoms with van der Waals surface area (Å²) in [5.41, 5.74) is 0.911. The lowest BCUT2D eigenvalue weighted by atomic mass is 10.0. The number of hydrogen-bond acceptors (Lipinski definition) is 7. The Hall–Kier alpha value is -1.99. The second-order valence-electron chi connectivity index (χ2n) is 8.52. The summed E-state index contributed by atoms with van der Waals surface area (Å²) in [5, 5.41) is 4.17. The zero-order valence-electron chi connectivity index (χ0n) is 17.3. The summed E-state index contributed by atoms with van der Waals surface area (Å²) in [6.45, 7) is 14.0. The van der Waals surface area contributed by atoms with Gasteiger partial charge >= 0.3 is 0 Å². The number of piperazine rings is 1. The van der Waals surface area contributed by atoms with Gasteiger partial charge in [-0.15, -0.1) is 0 Å². The zero-order chi connectivity index (χ0) is 19.5. The molecule has 2 aliphatic rings. The molecule has 0 aromatic carbocycles. The first-order chi connectivity index (χ1) is 13.6. The molecule has 0 N–H and O–H groups in total. The number of aromatic nitrogens is 3. The van der Waals surface area contributed by atoms with E-state index in [1.165, 1.54) is 12.8 Å². The maximum absolute atomic E-state index is 5.50. The van der Waals surface area contributed by atoms with E-state index >= 15 is 0 Å². The van der Waals surface area contributed by atoms with Crippen molar-refractivity contribution in [1.82, 2.24) is 24.9 Å². The van der Waals surface area contributed by atoms with Gasteiger partial charge in [-0.2, -0.15) is 4.98 Å². The van der Waals surface area contributed by atoms with Crippen LogP contribution in [0.25, 0.3) is 11.4 Å². The summed E-state index contributed by atoms with van der Waals surface area (Å²) in [5.74, 6) is 3.09. The molecule has 4 rings (SSSR count). The van der Waals surface area contributed by atoms with Gasteiger partial charge in [-0.05, 0) is 44.7 Å². The van der Waals surface area contributed by atoms with Crippen molar-refractivity contribution >= 4 is 5.82 Å². The summed E-state index contributed by atoms with van der Waals surface area (Å²) in [7, 11) is 0. The van der Waals surface area contributed by atoms with Crippen LogP contribution in [0, 0.1) is 5.92 Å². The Labute approximate surface area is 167 Å². The summed E-state index contributed by atoms with van der Waals surface area (Å²) in [4.78, 5) is 16.5. The van der Waals surface area contributed by atoms with Crippen LogP contribution in [0.4, 0.5) is 5.82 Å². The van der Waals surface area contributed by atoms with Gasteiger partial charge in [-0.25, -0.2) is 4.98 Å². The number of nitrogens with zero attached hydrogens (tertiary/aromatic N) is 6. The molecule has 1 atom stereocenters. The third-order valence-electron chi connectivity index (χ3n) is 5.95. The van der Waals surface area contributed by atoms with E-state index in [9.17, 15) is 0 Å². The average Bonchev–Trinajstić information content (AvgIpc) is 3.17. The summed E-state index contributed by atoms with van der Waals surface area (Å²) in [6, 6.07) is 4.74. The third kappa shape index (κ3) is 4.52. The largest absolute Gasteiger partial charge is 0.356 e. The van der Waals surface area contributed by atoms with Crippen molar-refractivity contribution in [3.05, 3.63) is 24.2 Å². The van der Waals surface area contributed by atoms with Gasteiger partial charge in [0.25, 0.3) is 0 Å². The molecule has 7 heteroatoms. The Kier molecular flexibility index (Phi) is 5.92. The van der Waals surface area contributed by atoms with Gasteiger partial charge in [0.05, 0.1) is 6.54 Å². The van der Waals surface area contributed by atoms with Gasteiger partial charge in [-0.1, -0.05) is 12.1 Å². The van der Waals surface area contributed by atoms with Crippen molar-refractivity contribution in [2.24, 2.45) is 5.92 Å². The van der Waals surface area contributed by atoms with Gasteiger partial charge in [-0.3, -0.25) is 9.80 Å². The number of rotatable bonds is 5. The molecule has 4 heterocycles. The smallest absolute Gasteiger partial charge is 0.241 e. The van der Waals surface area contributed by atoms with Gasteiger partial charge in [0, 0.05) is 57.1 Å². The SMILES string of the molecule is CC1CCCN(c2ccc(-c3noc(CN4CCN(C(C)C)CC4)n3)cn2)C1. The normalized spacial score (nSPS) is 22.1. The Morgan fingerprint density at radius 1 is 1.14 bits per heavy atom. The molecule has 0 aliphatic carbocycles. The summed E-state index contributed by atoms with van der Waals surface area (Å²) in [6.07, 6.45) is 4.42. The highest BCUT2D eigenvalue weighted by atomic mass is 16.5. The molecule has 0 bridgehead atoms. The molecule has 2 fully saturated rings. The van der Waals surface area contributed by atoms with Crippen molar-refractivity contribution in [2.75, 3.05) is 44.2 Å². The van der Waals surface area contributed by atoms with Crippen LogP contribution in [0.2, 0.25) is 0 Å². The average molecular weight is 385 g/mol. The van der Waals surface area contributed by atoms with E-state index in [1.54, 1.807) is 0 Å². The molecule has 0 saturated carbocycles. The van der Waals surface area contributed by atoms with Crippen molar-refractivity contribution in [3.63, 3.8) is 0 Å². The van der Waals surface area contributed by atoms with Crippen molar-refractivity contribution in [3.8, 4) is 11.4 Å². The molecule has 2 aromatic rings. The van der Waals surface area contributed by atoms with Crippen LogP contribution in [0.3, 0.4) is 0 Å². The lowest BCUT2D eigenvalue weighted by molar-refractivity contribution is 0.0960. The van der Waals surface area contributed by atoms with Crippen molar-refractivity contribution in [1.29, 1.82) is 0 Å². The molecule has 7 nitrogen and oxygen atoms in total. The predicted octanol–water partition coefficient (Wildman–Crippen LogP) is 2.89. The van der Waals surface area contributed by atoms with Gasteiger partial charge in [0.1, 0.15) is 5.82 Å². The van der Waals surface area contributed by atoms with Gasteiger partial charge in [0.2, 0.25) is 11.7 Å². The Morgan fingerprint density at radius 2 is 1.96 bits per heavy atom. The first kappa shape index (κ1) is 19.3. The second kappa shape index (κ2) is 8.57. The van der Waals surface area contributed by atoms with E-state index in [0.717, 1.165) is 63.1 Å². The molecular weight excluding hydrogens is 352 g/mol.